The van der Waals surface area contributed by atoms with Gasteiger partial charge in [0, 0.05) is 4.75 Å². The third-order valence-electron chi connectivity index (χ3n) is 3.43. The molecule has 2 rings (SSSR count). The normalized spacial score (nSPS) is 25.1. The number of rotatable bonds is 6. The Balaban J connectivity index is 2.25. The fourth-order valence-corrected chi connectivity index (χ4v) is 6.71. The smallest absolute Gasteiger partial charge is 0.308 e. The van der Waals surface area contributed by atoms with E-state index in [1.54, 1.807) is 11.8 Å². The Bertz CT molecular complexity index is 499. The molecule has 2 atom stereocenters. The molecule has 1 aliphatic heterocycles. The number of thioether (sulfide) groups is 1. The predicted octanol–water partition coefficient (Wildman–Crippen LogP) is 4.39. The van der Waals surface area contributed by atoms with E-state index in [9.17, 15) is 4.57 Å². The van der Waals surface area contributed by atoms with E-state index >= 15 is 0 Å². The van der Waals surface area contributed by atoms with Gasteiger partial charge in [0.2, 0.25) is 0 Å². The first-order valence-electron chi connectivity index (χ1n) is 7.30. The highest BCUT2D eigenvalue weighted by molar-refractivity contribution is 8.01. The van der Waals surface area contributed by atoms with E-state index in [1.807, 2.05) is 32.0 Å². The second-order valence-electron chi connectivity index (χ2n) is 5.46. The molecule has 1 saturated heterocycles. The van der Waals surface area contributed by atoms with Crippen molar-refractivity contribution < 1.29 is 13.6 Å². The predicted molar refractivity (Wildman–Crippen MR) is 88.6 cm³/mol. The lowest BCUT2D eigenvalue weighted by atomic mass is 10.2. The van der Waals surface area contributed by atoms with Crippen LogP contribution in [0.5, 0.6) is 0 Å². The summed E-state index contributed by atoms with van der Waals surface area (Å²) in [7, 11) is -3.18. The average Bonchev–Trinajstić information content (AvgIpc) is 2.77. The summed E-state index contributed by atoms with van der Waals surface area (Å²) in [6, 6.07) is 10.2. The highest BCUT2D eigenvalue weighted by Crippen LogP contribution is 2.63. The lowest BCUT2D eigenvalue weighted by Crippen LogP contribution is -2.38. The van der Waals surface area contributed by atoms with E-state index < -0.39 is 7.60 Å². The van der Waals surface area contributed by atoms with Crippen LogP contribution in [0.2, 0.25) is 0 Å². The van der Waals surface area contributed by atoms with Crippen molar-refractivity contribution in [3.05, 3.63) is 35.9 Å². The lowest BCUT2D eigenvalue weighted by Gasteiger charge is -2.31. The van der Waals surface area contributed by atoms with Crippen LogP contribution in [0.25, 0.3) is 0 Å². The summed E-state index contributed by atoms with van der Waals surface area (Å²) in [5, 5.41) is 3.56. The molecule has 1 aromatic rings. The van der Waals surface area contributed by atoms with Crippen LogP contribution in [-0.2, 0) is 13.6 Å². The molecule has 21 heavy (non-hydrogen) atoms. The molecule has 1 aliphatic rings. The van der Waals surface area contributed by atoms with Crippen molar-refractivity contribution in [1.82, 2.24) is 5.32 Å². The van der Waals surface area contributed by atoms with E-state index in [0.29, 0.717) is 13.2 Å². The van der Waals surface area contributed by atoms with Crippen molar-refractivity contribution in [3.63, 3.8) is 0 Å². The van der Waals surface area contributed by atoms with Crippen LogP contribution in [0.3, 0.4) is 0 Å². The average molecular weight is 329 g/mol. The summed E-state index contributed by atoms with van der Waals surface area (Å²) in [6.45, 7) is 8.62. The Morgan fingerprint density at radius 3 is 2.29 bits per heavy atom. The quantitative estimate of drug-likeness (QED) is 0.784. The molecule has 0 saturated carbocycles. The maximum absolute atomic E-state index is 13.1. The Hall–Kier alpha value is -0.320. The molecule has 0 bridgehead atoms. The summed E-state index contributed by atoms with van der Waals surface area (Å²) in [5.41, 5.74) is 1.18. The zero-order valence-electron chi connectivity index (χ0n) is 13.0. The summed E-state index contributed by atoms with van der Waals surface area (Å²) in [5.74, 6) is -0.319. The van der Waals surface area contributed by atoms with E-state index in [4.69, 9.17) is 9.05 Å². The van der Waals surface area contributed by atoms with E-state index in [-0.39, 0.29) is 15.9 Å². The molecule has 0 spiro atoms. The highest BCUT2D eigenvalue weighted by atomic mass is 32.2. The van der Waals surface area contributed by atoms with Crippen molar-refractivity contribution in [3.8, 4) is 0 Å². The van der Waals surface area contributed by atoms with Crippen LogP contribution < -0.4 is 5.32 Å². The largest absolute Gasteiger partial charge is 0.348 e. The molecule has 0 aromatic heterocycles. The van der Waals surface area contributed by atoms with Gasteiger partial charge >= 0.3 is 7.60 Å². The minimum Gasteiger partial charge on any atom is -0.308 e. The van der Waals surface area contributed by atoms with Crippen LogP contribution in [0.15, 0.2) is 30.3 Å². The molecule has 4 nitrogen and oxygen atoms in total. The van der Waals surface area contributed by atoms with Gasteiger partial charge < -0.3 is 9.05 Å². The Kier molecular flexibility index (Phi) is 5.55. The van der Waals surface area contributed by atoms with Gasteiger partial charge in [-0.15, -0.1) is 11.8 Å². The fraction of sp³-hybridized carbons (Fsp3) is 0.600. The van der Waals surface area contributed by atoms with Gasteiger partial charge in [-0.2, -0.15) is 0 Å². The van der Waals surface area contributed by atoms with Gasteiger partial charge in [-0.3, -0.25) is 9.88 Å². The van der Waals surface area contributed by atoms with Gasteiger partial charge in [0.15, 0.2) is 0 Å². The number of nitrogens with one attached hydrogen (secondary N) is 1. The first-order chi connectivity index (χ1) is 9.93. The molecule has 1 N–H and O–H groups in total. The van der Waals surface area contributed by atoms with Crippen LogP contribution >= 0.6 is 19.4 Å². The monoisotopic (exact) mass is 329 g/mol. The maximum atomic E-state index is 13.1. The third kappa shape index (κ3) is 3.72. The third-order valence-corrected chi connectivity index (χ3v) is 7.75. The lowest BCUT2D eigenvalue weighted by molar-refractivity contribution is 0.204. The molecule has 0 radical (unpaired) electrons. The molecule has 0 amide bonds. The molecule has 1 aromatic carbocycles. The summed E-state index contributed by atoms with van der Waals surface area (Å²) in [4.78, 5) is 0. The summed E-state index contributed by atoms with van der Waals surface area (Å²) in [6.07, 6.45) is 0. The van der Waals surface area contributed by atoms with Crippen LogP contribution in [0.1, 0.15) is 38.6 Å². The molecule has 6 heteroatoms. The maximum Gasteiger partial charge on any atom is 0.348 e. The van der Waals surface area contributed by atoms with Gasteiger partial charge in [-0.05, 0) is 33.3 Å². The highest BCUT2D eigenvalue weighted by Gasteiger charge is 2.52. The van der Waals surface area contributed by atoms with Crippen molar-refractivity contribution in [2.75, 3.05) is 13.2 Å². The van der Waals surface area contributed by atoms with E-state index in [1.165, 1.54) is 5.56 Å². The SMILES string of the molecule is CCOP(=O)(OCC)[C@@H]1N[C@@H](c2ccccc2)SC1(C)C. The van der Waals surface area contributed by atoms with Gasteiger partial charge in [-0.25, -0.2) is 0 Å². The number of benzene rings is 1. The minimum atomic E-state index is -3.18. The van der Waals surface area contributed by atoms with Gasteiger partial charge in [0.1, 0.15) is 5.78 Å². The molecule has 1 heterocycles. The number of hydrogen-bond donors (Lipinski definition) is 1. The van der Waals surface area contributed by atoms with Crippen LogP contribution in [0, 0.1) is 0 Å². The zero-order chi connectivity index (χ0) is 15.5. The molecular weight excluding hydrogens is 305 g/mol. The van der Waals surface area contributed by atoms with Crippen molar-refractivity contribution >= 4 is 19.4 Å². The molecule has 118 valence electrons. The Morgan fingerprint density at radius 2 is 1.76 bits per heavy atom. The van der Waals surface area contributed by atoms with Crippen molar-refractivity contribution in [2.45, 2.75) is 43.6 Å². The van der Waals surface area contributed by atoms with Gasteiger partial charge in [-0.1, -0.05) is 30.3 Å². The van der Waals surface area contributed by atoms with Crippen LogP contribution in [-0.4, -0.2) is 23.7 Å². The standard InChI is InChI=1S/C15H24NO3PS/c1-5-18-20(17,19-6-2)14-15(3,4)21-13(16-14)12-10-8-7-9-11-12/h7-11,13-14,16H,5-6H2,1-4H3/t13-,14+/m1/s1. The Labute approximate surface area is 131 Å². The first kappa shape index (κ1) is 17.0. The topological polar surface area (TPSA) is 47.6 Å². The fourth-order valence-electron chi connectivity index (χ4n) is 2.56. The summed E-state index contributed by atoms with van der Waals surface area (Å²) < 4.78 is 23.9. The molecular formula is C15H24NO3PS. The van der Waals surface area contributed by atoms with E-state index in [0.717, 1.165) is 0 Å². The summed E-state index contributed by atoms with van der Waals surface area (Å²) >= 11 is 1.76. The molecule has 0 unspecified atom stereocenters. The van der Waals surface area contributed by atoms with Crippen LogP contribution in [0.4, 0.5) is 0 Å². The second kappa shape index (κ2) is 6.84. The van der Waals surface area contributed by atoms with E-state index in [2.05, 4.69) is 31.3 Å². The van der Waals surface area contributed by atoms with Gasteiger partial charge in [0.25, 0.3) is 0 Å². The second-order valence-corrected chi connectivity index (χ2v) is 9.33. The zero-order valence-corrected chi connectivity index (χ0v) is 14.7. The minimum absolute atomic E-state index is 0.0976. The Morgan fingerprint density at radius 1 is 1.19 bits per heavy atom. The van der Waals surface area contributed by atoms with Crippen molar-refractivity contribution in [2.24, 2.45) is 0 Å². The molecule has 1 fully saturated rings. The number of hydrogen-bond acceptors (Lipinski definition) is 5. The van der Waals surface area contributed by atoms with Gasteiger partial charge in [0.05, 0.1) is 18.6 Å². The first-order valence-corrected chi connectivity index (χ1v) is 9.79. The molecule has 0 aliphatic carbocycles. The van der Waals surface area contributed by atoms with Crippen molar-refractivity contribution in [1.29, 1.82) is 0 Å².